The first-order valence-corrected chi connectivity index (χ1v) is 5.18. The largest absolute Gasteiger partial charge is 0.491 e. The minimum Gasteiger partial charge on any atom is -0.491 e. The monoisotopic (exact) mass is 239 g/mol. The average molecular weight is 239 g/mol. The molecular formula is C12H17NO4. The van der Waals surface area contributed by atoms with Crippen LogP contribution in [0, 0.1) is 0 Å². The van der Waals surface area contributed by atoms with Crippen LogP contribution in [0.25, 0.3) is 0 Å². The molecule has 0 aliphatic heterocycles. The third kappa shape index (κ3) is 4.05. The zero-order chi connectivity index (χ0) is 12.9. The van der Waals surface area contributed by atoms with Gasteiger partial charge in [-0.2, -0.15) is 0 Å². The highest BCUT2D eigenvalue weighted by molar-refractivity contribution is 5.78. The summed E-state index contributed by atoms with van der Waals surface area (Å²) in [6.07, 6.45) is 0. The van der Waals surface area contributed by atoms with Crippen molar-refractivity contribution >= 4 is 5.97 Å². The first kappa shape index (κ1) is 13.5. The van der Waals surface area contributed by atoms with Crippen molar-refractivity contribution < 1.29 is 19.4 Å². The van der Waals surface area contributed by atoms with E-state index in [1.54, 1.807) is 19.2 Å². The SMILES string of the molecule is COCc1cccc(OCC(C)(N)C(=O)O)c1. The molecule has 0 saturated heterocycles. The van der Waals surface area contributed by atoms with Gasteiger partial charge in [0.15, 0.2) is 0 Å². The number of nitrogens with two attached hydrogens (primary N) is 1. The minimum atomic E-state index is -1.39. The summed E-state index contributed by atoms with van der Waals surface area (Å²) in [4.78, 5) is 10.8. The Morgan fingerprint density at radius 2 is 2.24 bits per heavy atom. The fourth-order valence-electron chi connectivity index (χ4n) is 1.19. The maximum absolute atomic E-state index is 10.8. The van der Waals surface area contributed by atoms with Crippen molar-refractivity contribution in [2.24, 2.45) is 5.73 Å². The number of ether oxygens (including phenoxy) is 2. The predicted octanol–water partition coefficient (Wildman–Crippen LogP) is 1.01. The Morgan fingerprint density at radius 1 is 1.53 bits per heavy atom. The Labute approximate surface area is 100 Å². The maximum atomic E-state index is 10.8. The molecule has 0 aliphatic rings. The number of carbonyl (C=O) groups is 1. The van der Waals surface area contributed by atoms with Gasteiger partial charge in [-0.05, 0) is 24.6 Å². The van der Waals surface area contributed by atoms with Gasteiger partial charge in [0.1, 0.15) is 17.9 Å². The van der Waals surface area contributed by atoms with E-state index in [9.17, 15) is 4.79 Å². The summed E-state index contributed by atoms with van der Waals surface area (Å²) >= 11 is 0. The smallest absolute Gasteiger partial charge is 0.326 e. The molecule has 3 N–H and O–H groups in total. The molecule has 0 amide bonds. The fraction of sp³-hybridized carbons (Fsp3) is 0.417. The van der Waals surface area contributed by atoms with E-state index >= 15 is 0 Å². The van der Waals surface area contributed by atoms with Gasteiger partial charge in [0.05, 0.1) is 6.61 Å². The number of benzene rings is 1. The van der Waals surface area contributed by atoms with Crippen molar-refractivity contribution in [2.45, 2.75) is 19.1 Å². The van der Waals surface area contributed by atoms with Crippen LogP contribution in [0.4, 0.5) is 0 Å². The third-order valence-electron chi connectivity index (χ3n) is 2.24. The molecule has 0 saturated carbocycles. The predicted molar refractivity (Wildman–Crippen MR) is 62.9 cm³/mol. The van der Waals surface area contributed by atoms with Crippen LogP contribution in [0.1, 0.15) is 12.5 Å². The number of carboxylic acids is 1. The first-order chi connectivity index (χ1) is 7.95. The van der Waals surface area contributed by atoms with E-state index in [-0.39, 0.29) is 6.61 Å². The van der Waals surface area contributed by atoms with Crippen LogP contribution < -0.4 is 10.5 Å². The van der Waals surface area contributed by atoms with Gasteiger partial charge in [0.25, 0.3) is 0 Å². The van der Waals surface area contributed by atoms with Gasteiger partial charge >= 0.3 is 5.97 Å². The second-order valence-corrected chi connectivity index (χ2v) is 4.09. The second-order valence-electron chi connectivity index (χ2n) is 4.09. The van der Waals surface area contributed by atoms with Crippen molar-refractivity contribution in [3.63, 3.8) is 0 Å². The van der Waals surface area contributed by atoms with Crippen LogP contribution in [-0.4, -0.2) is 30.3 Å². The number of methoxy groups -OCH3 is 1. The number of carboxylic acid groups (broad SMARTS) is 1. The Morgan fingerprint density at radius 3 is 2.82 bits per heavy atom. The molecule has 1 atom stereocenters. The van der Waals surface area contributed by atoms with E-state index in [0.717, 1.165) is 5.56 Å². The summed E-state index contributed by atoms with van der Waals surface area (Å²) < 4.78 is 10.3. The second kappa shape index (κ2) is 5.65. The van der Waals surface area contributed by atoms with Gasteiger partial charge in [-0.25, -0.2) is 0 Å². The first-order valence-electron chi connectivity index (χ1n) is 5.18. The van der Waals surface area contributed by atoms with Crippen LogP contribution in [-0.2, 0) is 16.1 Å². The molecule has 0 aromatic heterocycles. The molecule has 1 aromatic rings. The van der Waals surface area contributed by atoms with Crippen molar-refractivity contribution in [3.05, 3.63) is 29.8 Å². The highest BCUT2D eigenvalue weighted by atomic mass is 16.5. The van der Waals surface area contributed by atoms with E-state index in [1.165, 1.54) is 6.92 Å². The Bertz CT molecular complexity index is 390. The normalized spacial score (nSPS) is 14.1. The van der Waals surface area contributed by atoms with Gasteiger partial charge < -0.3 is 20.3 Å². The zero-order valence-corrected chi connectivity index (χ0v) is 9.97. The summed E-state index contributed by atoms with van der Waals surface area (Å²) in [5.41, 5.74) is 5.12. The number of rotatable bonds is 6. The summed E-state index contributed by atoms with van der Waals surface area (Å²) in [7, 11) is 1.61. The van der Waals surface area contributed by atoms with E-state index < -0.39 is 11.5 Å². The van der Waals surface area contributed by atoms with Gasteiger partial charge in [0.2, 0.25) is 0 Å². The lowest BCUT2D eigenvalue weighted by Gasteiger charge is -2.19. The number of hydrogen-bond donors (Lipinski definition) is 2. The summed E-state index contributed by atoms with van der Waals surface area (Å²) in [6.45, 7) is 1.81. The van der Waals surface area contributed by atoms with E-state index in [1.807, 2.05) is 12.1 Å². The molecule has 0 spiro atoms. The molecule has 0 bridgehead atoms. The van der Waals surface area contributed by atoms with Crippen LogP contribution in [0.5, 0.6) is 5.75 Å². The summed E-state index contributed by atoms with van der Waals surface area (Å²) in [6, 6.07) is 7.26. The Balaban J connectivity index is 2.63. The van der Waals surface area contributed by atoms with E-state index in [2.05, 4.69) is 0 Å². The molecule has 0 heterocycles. The van der Waals surface area contributed by atoms with Gasteiger partial charge in [0, 0.05) is 7.11 Å². The lowest BCUT2D eigenvalue weighted by Crippen LogP contribution is -2.49. The number of hydrogen-bond acceptors (Lipinski definition) is 4. The molecule has 0 radical (unpaired) electrons. The zero-order valence-electron chi connectivity index (χ0n) is 9.97. The molecule has 1 unspecified atom stereocenters. The van der Waals surface area contributed by atoms with Crippen molar-refractivity contribution in [3.8, 4) is 5.75 Å². The van der Waals surface area contributed by atoms with Crippen LogP contribution in [0.15, 0.2) is 24.3 Å². The highest BCUT2D eigenvalue weighted by Crippen LogP contribution is 2.15. The number of aliphatic carboxylic acids is 1. The van der Waals surface area contributed by atoms with Crippen molar-refractivity contribution in [2.75, 3.05) is 13.7 Å². The van der Waals surface area contributed by atoms with Gasteiger partial charge in [-0.3, -0.25) is 4.79 Å². The fourth-order valence-corrected chi connectivity index (χ4v) is 1.19. The quantitative estimate of drug-likeness (QED) is 0.774. The standard InChI is InChI=1S/C12H17NO4/c1-12(13,11(14)15)8-17-10-5-3-4-9(6-10)7-16-2/h3-6H,7-8,13H2,1-2H3,(H,14,15). The highest BCUT2D eigenvalue weighted by Gasteiger charge is 2.28. The lowest BCUT2D eigenvalue weighted by molar-refractivity contribution is -0.143. The molecule has 17 heavy (non-hydrogen) atoms. The molecule has 0 fully saturated rings. The molecule has 0 aliphatic carbocycles. The average Bonchev–Trinajstić information content (AvgIpc) is 2.27. The molecule has 1 aromatic carbocycles. The van der Waals surface area contributed by atoms with Crippen LogP contribution in [0.2, 0.25) is 0 Å². The van der Waals surface area contributed by atoms with Crippen LogP contribution >= 0.6 is 0 Å². The Kier molecular flexibility index (Phi) is 4.48. The molecule has 1 rings (SSSR count). The maximum Gasteiger partial charge on any atom is 0.326 e. The summed E-state index contributed by atoms with van der Waals surface area (Å²) in [5.74, 6) is -0.511. The van der Waals surface area contributed by atoms with Gasteiger partial charge in [-0.15, -0.1) is 0 Å². The van der Waals surface area contributed by atoms with E-state index in [0.29, 0.717) is 12.4 Å². The van der Waals surface area contributed by atoms with Crippen LogP contribution in [0.3, 0.4) is 0 Å². The Hall–Kier alpha value is -1.59. The van der Waals surface area contributed by atoms with Crippen molar-refractivity contribution in [1.29, 1.82) is 0 Å². The van der Waals surface area contributed by atoms with Crippen molar-refractivity contribution in [1.82, 2.24) is 0 Å². The van der Waals surface area contributed by atoms with E-state index in [4.69, 9.17) is 20.3 Å². The molecule has 94 valence electrons. The lowest BCUT2D eigenvalue weighted by atomic mass is 10.1. The topological polar surface area (TPSA) is 81.8 Å². The molecule has 5 heteroatoms. The third-order valence-corrected chi connectivity index (χ3v) is 2.24. The van der Waals surface area contributed by atoms with Gasteiger partial charge in [-0.1, -0.05) is 12.1 Å². The molecule has 5 nitrogen and oxygen atoms in total. The summed E-state index contributed by atoms with van der Waals surface area (Å²) in [5, 5.41) is 8.83. The minimum absolute atomic E-state index is 0.0846. The molecular weight excluding hydrogens is 222 g/mol.